The van der Waals surface area contributed by atoms with Crippen molar-refractivity contribution in [1.82, 2.24) is 0 Å². The molecule has 0 aromatic rings. The second kappa shape index (κ2) is 8.95. The summed E-state index contributed by atoms with van der Waals surface area (Å²) in [4.78, 5) is 0. The molecule has 0 aromatic heterocycles. The van der Waals surface area contributed by atoms with Crippen LogP contribution in [0.4, 0.5) is 0 Å². The van der Waals surface area contributed by atoms with Crippen molar-refractivity contribution in [2.75, 3.05) is 19.8 Å². The fraction of sp³-hybridized carbons (Fsp3) is 1.00. The molecule has 2 fully saturated rings. The third kappa shape index (κ3) is 8.15. The van der Waals surface area contributed by atoms with Gasteiger partial charge >= 0.3 is 26.4 Å². The van der Waals surface area contributed by atoms with Gasteiger partial charge in [0.05, 0.1) is 13.2 Å². The molecule has 4 atom stereocenters. The highest BCUT2D eigenvalue weighted by atomic mass is 28.5. The minimum Gasteiger partial charge on any atom is -0.423 e. The molecule has 23 heavy (non-hydrogen) atoms. The molecule has 2 rings (SSSR count). The molecule has 0 saturated carbocycles. The van der Waals surface area contributed by atoms with E-state index in [4.69, 9.17) is 30.0 Å². The summed E-state index contributed by atoms with van der Waals surface area (Å²) in [5.41, 5.74) is 0. The molecule has 7 nitrogen and oxygen atoms in total. The van der Waals surface area contributed by atoms with Gasteiger partial charge in [-0.1, -0.05) is 0 Å². The van der Waals surface area contributed by atoms with Gasteiger partial charge in [-0.3, -0.25) is 0 Å². The van der Waals surface area contributed by atoms with Crippen LogP contribution in [0.25, 0.3) is 0 Å². The molecule has 0 aliphatic carbocycles. The Morgan fingerprint density at radius 3 is 2.52 bits per heavy atom. The summed E-state index contributed by atoms with van der Waals surface area (Å²) in [5.74, 6) is 0. The second-order valence-electron chi connectivity index (χ2n) is 6.59. The Balaban J connectivity index is 1.83. The van der Waals surface area contributed by atoms with Gasteiger partial charge in [-0.25, -0.2) is 0 Å². The average molecular weight is 415 g/mol. The zero-order chi connectivity index (χ0) is 16.9. The SMILES string of the molecule is C[SiH]1O[SiH2]O[Si](C)(C)O[SiH](C)O[Si](C)(CCCOCC2CO2)O1. The van der Waals surface area contributed by atoms with Crippen molar-refractivity contribution in [3.05, 3.63) is 0 Å². The van der Waals surface area contributed by atoms with Crippen LogP contribution in [0.1, 0.15) is 6.42 Å². The fourth-order valence-electron chi connectivity index (χ4n) is 2.49. The Hall–Kier alpha value is 0.804. The first-order chi connectivity index (χ1) is 10.8. The number of epoxide rings is 1. The normalized spacial score (nSPS) is 39.3. The van der Waals surface area contributed by atoms with E-state index in [0.717, 1.165) is 25.7 Å². The highest BCUT2D eigenvalue weighted by molar-refractivity contribution is 6.82. The molecule has 12 heteroatoms. The van der Waals surface area contributed by atoms with Crippen LogP contribution in [0.5, 0.6) is 0 Å². The summed E-state index contributed by atoms with van der Waals surface area (Å²) >= 11 is 0. The molecule has 0 aromatic carbocycles. The number of hydrogen-bond donors (Lipinski definition) is 0. The molecule has 0 radical (unpaired) electrons. The topological polar surface area (TPSA) is 67.9 Å². The van der Waals surface area contributed by atoms with Crippen molar-refractivity contribution in [2.24, 2.45) is 0 Å². The smallest absolute Gasteiger partial charge is 0.317 e. The molecular weight excluding hydrogens is 385 g/mol. The molecule has 0 amide bonds. The Morgan fingerprint density at radius 1 is 1.13 bits per heavy atom. The molecule has 4 unspecified atom stereocenters. The van der Waals surface area contributed by atoms with Crippen molar-refractivity contribution >= 4 is 45.7 Å². The van der Waals surface area contributed by atoms with Crippen molar-refractivity contribution in [3.63, 3.8) is 0 Å². The summed E-state index contributed by atoms with van der Waals surface area (Å²) < 4.78 is 41.2. The predicted molar refractivity (Wildman–Crippen MR) is 99.1 cm³/mol. The van der Waals surface area contributed by atoms with Gasteiger partial charge in [0.25, 0.3) is 19.3 Å². The van der Waals surface area contributed by atoms with Crippen molar-refractivity contribution in [1.29, 1.82) is 0 Å². The molecule has 0 spiro atoms. The van der Waals surface area contributed by atoms with Gasteiger partial charge in [0.15, 0.2) is 0 Å². The predicted octanol–water partition coefficient (Wildman–Crippen LogP) is 0.362. The maximum atomic E-state index is 6.34. The van der Waals surface area contributed by atoms with E-state index in [-0.39, 0.29) is 0 Å². The summed E-state index contributed by atoms with van der Waals surface area (Å²) in [6, 6.07) is 0.907. The zero-order valence-electron chi connectivity index (χ0n) is 14.8. The Kier molecular flexibility index (Phi) is 7.83. The van der Waals surface area contributed by atoms with E-state index in [1.54, 1.807) is 0 Å². The molecule has 2 saturated heterocycles. The van der Waals surface area contributed by atoms with E-state index < -0.39 is 45.7 Å². The van der Waals surface area contributed by atoms with Crippen molar-refractivity contribution in [2.45, 2.75) is 51.3 Å². The van der Waals surface area contributed by atoms with Crippen molar-refractivity contribution < 1.29 is 30.0 Å². The quantitative estimate of drug-likeness (QED) is 0.353. The molecule has 2 aliphatic rings. The van der Waals surface area contributed by atoms with Gasteiger partial charge in [-0.15, -0.1) is 0 Å². The van der Waals surface area contributed by atoms with E-state index in [2.05, 4.69) is 32.7 Å². The lowest BCUT2D eigenvalue weighted by Crippen LogP contribution is -2.53. The van der Waals surface area contributed by atoms with E-state index >= 15 is 0 Å². The van der Waals surface area contributed by atoms with E-state index in [0.29, 0.717) is 12.7 Å². The summed E-state index contributed by atoms with van der Waals surface area (Å²) in [6.07, 6.45) is 1.26. The van der Waals surface area contributed by atoms with E-state index in [1.165, 1.54) is 0 Å². The minimum absolute atomic E-state index is 0.322. The third-order valence-corrected chi connectivity index (χ3v) is 20.8. The lowest BCUT2D eigenvalue weighted by molar-refractivity contribution is 0.115. The maximum Gasteiger partial charge on any atom is 0.317 e. The van der Waals surface area contributed by atoms with Crippen LogP contribution >= 0.6 is 0 Å². The minimum atomic E-state index is -2.27. The van der Waals surface area contributed by atoms with Crippen LogP contribution < -0.4 is 0 Å². The first kappa shape index (κ1) is 20.1. The van der Waals surface area contributed by atoms with Gasteiger partial charge in [0, 0.05) is 6.61 Å². The molecule has 136 valence electrons. The second-order valence-corrected chi connectivity index (χ2v) is 20.0. The van der Waals surface area contributed by atoms with Gasteiger partial charge < -0.3 is 30.0 Å². The summed E-state index contributed by atoms with van der Waals surface area (Å²) in [5, 5.41) is 0. The van der Waals surface area contributed by atoms with Crippen LogP contribution in [0.2, 0.25) is 38.8 Å². The fourth-order valence-corrected chi connectivity index (χ4v) is 18.9. The van der Waals surface area contributed by atoms with Crippen molar-refractivity contribution in [3.8, 4) is 0 Å². The summed E-state index contributed by atoms with van der Waals surface area (Å²) in [7, 11) is -8.85. The highest BCUT2D eigenvalue weighted by Crippen LogP contribution is 2.22. The largest absolute Gasteiger partial charge is 0.423 e. The lowest BCUT2D eigenvalue weighted by Gasteiger charge is -2.37. The zero-order valence-corrected chi connectivity index (χ0v) is 20.6. The third-order valence-electron chi connectivity index (χ3n) is 3.62. The molecule has 0 bridgehead atoms. The Morgan fingerprint density at radius 2 is 1.83 bits per heavy atom. The standard InChI is InChI=1S/C11H30O7Si5/c1-20-14-19-15-22(3,4)16-21(2)18-23(5,17-20)8-6-7-12-9-11-10-13-11/h11,20-21H,6-10,19H2,1-5H3. The van der Waals surface area contributed by atoms with Crippen LogP contribution in [0, 0.1) is 0 Å². The van der Waals surface area contributed by atoms with Gasteiger partial charge in [-0.05, 0) is 45.2 Å². The van der Waals surface area contributed by atoms with Crippen LogP contribution in [-0.4, -0.2) is 71.6 Å². The van der Waals surface area contributed by atoms with E-state index in [9.17, 15) is 0 Å². The Bertz CT molecular complexity index is 373. The first-order valence-electron chi connectivity index (χ1n) is 8.26. The molecule has 0 N–H and O–H groups in total. The number of rotatable bonds is 6. The van der Waals surface area contributed by atoms with Crippen LogP contribution in [0.3, 0.4) is 0 Å². The van der Waals surface area contributed by atoms with Gasteiger partial charge in [-0.2, -0.15) is 0 Å². The monoisotopic (exact) mass is 414 g/mol. The van der Waals surface area contributed by atoms with E-state index in [1.807, 2.05) is 0 Å². The molecule has 2 aliphatic heterocycles. The highest BCUT2D eigenvalue weighted by Gasteiger charge is 2.39. The van der Waals surface area contributed by atoms with Crippen LogP contribution in [0.15, 0.2) is 0 Å². The lowest BCUT2D eigenvalue weighted by atomic mass is 10.5. The van der Waals surface area contributed by atoms with Crippen LogP contribution in [-0.2, 0) is 30.0 Å². The molecular formula is C11H30O7Si5. The van der Waals surface area contributed by atoms with Gasteiger partial charge in [0.1, 0.15) is 6.10 Å². The number of hydrogen-bond acceptors (Lipinski definition) is 7. The average Bonchev–Trinajstić information content (AvgIpc) is 3.19. The first-order valence-corrected chi connectivity index (χ1v) is 19.0. The van der Waals surface area contributed by atoms with Gasteiger partial charge in [0.2, 0.25) is 0 Å². The Labute approximate surface area is 147 Å². The maximum absolute atomic E-state index is 6.34. The summed E-state index contributed by atoms with van der Waals surface area (Å²) in [6.45, 7) is 12.7. The molecule has 2 heterocycles. The number of ether oxygens (including phenoxy) is 2.